The lowest BCUT2D eigenvalue weighted by molar-refractivity contribution is 0.102. The molecule has 0 aliphatic heterocycles. The van der Waals surface area contributed by atoms with Crippen LogP contribution in [0.1, 0.15) is 35.8 Å². The van der Waals surface area contributed by atoms with Gasteiger partial charge in [-0.3, -0.25) is 4.79 Å². The van der Waals surface area contributed by atoms with Crippen LogP contribution in [0.2, 0.25) is 0 Å². The summed E-state index contributed by atoms with van der Waals surface area (Å²) in [5.74, 6) is -0.180. The van der Waals surface area contributed by atoms with Gasteiger partial charge >= 0.3 is 0 Å². The highest BCUT2D eigenvalue weighted by Crippen LogP contribution is 2.17. The first-order valence-electron chi connectivity index (χ1n) is 7.75. The van der Waals surface area contributed by atoms with Crippen molar-refractivity contribution >= 4 is 22.9 Å². The number of hydrogen-bond acceptors (Lipinski definition) is 3. The zero-order valence-electron chi connectivity index (χ0n) is 13.0. The molecule has 0 aliphatic rings. The fourth-order valence-electron chi connectivity index (χ4n) is 2.28. The van der Waals surface area contributed by atoms with E-state index in [1.165, 1.54) is 29.7 Å². The van der Waals surface area contributed by atoms with Crippen LogP contribution in [0.15, 0.2) is 54.2 Å². The molecule has 3 aromatic rings. The molecule has 0 fully saturated rings. The number of anilines is 1. The predicted octanol–water partition coefficient (Wildman–Crippen LogP) is 4.53. The van der Waals surface area contributed by atoms with E-state index in [0.717, 1.165) is 17.2 Å². The number of carbonyl (C=O) groups excluding carboxylic acids is 1. The summed E-state index contributed by atoms with van der Waals surface area (Å²) in [5, 5.41) is 5.46. The van der Waals surface area contributed by atoms with Crippen molar-refractivity contribution in [3.8, 4) is 5.13 Å². The van der Waals surface area contributed by atoms with Crippen molar-refractivity contribution in [1.29, 1.82) is 0 Å². The largest absolute Gasteiger partial charge is 0.321 e. The van der Waals surface area contributed by atoms with Crippen molar-refractivity contribution in [3.05, 3.63) is 65.4 Å². The van der Waals surface area contributed by atoms with Crippen LogP contribution < -0.4 is 5.32 Å². The number of rotatable bonds is 6. The van der Waals surface area contributed by atoms with Gasteiger partial charge in [0.1, 0.15) is 5.69 Å². The average molecular weight is 325 g/mol. The lowest BCUT2D eigenvalue weighted by Crippen LogP contribution is -2.12. The minimum absolute atomic E-state index is 0.180. The van der Waals surface area contributed by atoms with Crippen LogP contribution in [0.5, 0.6) is 0 Å². The molecule has 0 atom stereocenters. The van der Waals surface area contributed by atoms with Crippen LogP contribution in [0.3, 0.4) is 0 Å². The van der Waals surface area contributed by atoms with Crippen molar-refractivity contribution in [2.45, 2.75) is 26.2 Å². The molecule has 0 saturated heterocycles. The standard InChI is InChI=1S/C18H19N3OS/c1-2-3-6-14-7-9-15(10-8-14)19-17(22)16-13-23-18(20-16)21-11-4-5-12-21/h4-5,7-13H,2-3,6H2,1H3,(H,19,22). The maximum absolute atomic E-state index is 12.3. The fourth-order valence-corrected chi connectivity index (χ4v) is 3.05. The minimum Gasteiger partial charge on any atom is -0.321 e. The van der Waals surface area contributed by atoms with Gasteiger partial charge in [-0.2, -0.15) is 0 Å². The number of carbonyl (C=O) groups is 1. The van der Waals surface area contributed by atoms with Gasteiger partial charge in [-0.1, -0.05) is 25.5 Å². The molecule has 0 saturated carbocycles. The van der Waals surface area contributed by atoms with Crippen LogP contribution in [-0.4, -0.2) is 15.5 Å². The number of thiazole rings is 1. The number of aryl methyl sites for hydroxylation is 1. The second-order valence-corrected chi connectivity index (χ2v) is 6.20. The first kappa shape index (κ1) is 15.5. The number of aromatic nitrogens is 2. The Labute approximate surface area is 139 Å². The first-order chi connectivity index (χ1) is 11.3. The van der Waals surface area contributed by atoms with E-state index >= 15 is 0 Å². The Balaban J connectivity index is 1.65. The van der Waals surface area contributed by atoms with Crippen molar-refractivity contribution < 1.29 is 4.79 Å². The summed E-state index contributed by atoms with van der Waals surface area (Å²) in [4.78, 5) is 16.7. The summed E-state index contributed by atoms with van der Waals surface area (Å²) in [6.07, 6.45) is 7.28. The zero-order valence-corrected chi connectivity index (χ0v) is 13.8. The fraction of sp³-hybridized carbons (Fsp3) is 0.222. The van der Waals surface area contributed by atoms with Crippen molar-refractivity contribution in [1.82, 2.24) is 9.55 Å². The van der Waals surface area contributed by atoms with Crippen LogP contribution in [0, 0.1) is 0 Å². The number of unbranched alkanes of at least 4 members (excludes halogenated alkanes) is 1. The quantitative estimate of drug-likeness (QED) is 0.724. The van der Waals surface area contributed by atoms with Gasteiger partial charge in [0.25, 0.3) is 5.91 Å². The summed E-state index contributed by atoms with van der Waals surface area (Å²) in [6.45, 7) is 2.18. The molecule has 118 valence electrons. The SMILES string of the molecule is CCCCc1ccc(NC(=O)c2csc(-n3cccc3)n2)cc1. The Morgan fingerprint density at radius 2 is 1.96 bits per heavy atom. The highest BCUT2D eigenvalue weighted by atomic mass is 32.1. The lowest BCUT2D eigenvalue weighted by Gasteiger charge is -2.05. The summed E-state index contributed by atoms with van der Waals surface area (Å²) in [5.41, 5.74) is 2.54. The lowest BCUT2D eigenvalue weighted by atomic mass is 10.1. The summed E-state index contributed by atoms with van der Waals surface area (Å²) >= 11 is 1.45. The Morgan fingerprint density at radius 3 is 2.65 bits per heavy atom. The maximum Gasteiger partial charge on any atom is 0.275 e. The molecule has 0 spiro atoms. The van der Waals surface area contributed by atoms with E-state index in [4.69, 9.17) is 0 Å². The van der Waals surface area contributed by atoms with Gasteiger partial charge < -0.3 is 9.88 Å². The van der Waals surface area contributed by atoms with E-state index in [-0.39, 0.29) is 5.91 Å². The third-order valence-corrected chi connectivity index (χ3v) is 4.43. The Morgan fingerprint density at radius 1 is 1.22 bits per heavy atom. The topological polar surface area (TPSA) is 46.9 Å². The van der Waals surface area contributed by atoms with Crippen molar-refractivity contribution in [2.75, 3.05) is 5.32 Å². The molecule has 0 radical (unpaired) electrons. The summed E-state index contributed by atoms with van der Waals surface area (Å²) in [7, 11) is 0. The number of nitrogens with zero attached hydrogens (tertiary/aromatic N) is 2. The van der Waals surface area contributed by atoms with Crippen LogP contribution in [0.4, 0.5) is 5.69 Å². The maximum atomic E-state index is 12.3. The van der Waals surface area contributed by atoms with E-state index in [9.17, 15) is 4.79 Å². The molecule has 0 aliphatic carbocycles. The first-order valence-corrected chi connectivity index (χ1v) is 8.63. The van der Waals surface area contributed by atoms with Crippen molar-refractivity contribution in [2.24, 2.45) is 0 Å². The summed E-state index contributed by atoms with van der Waals surface area (Å²) in [6, 6.07) is 11.9. The molecule has 2 aromatic heterocycles. The number of hydrogen-bond donors (Lipinski definition) is 1. The minimum atomic E-state index is -0.180. The zero-order chi connectivity index (χ0) is 16.1. The van der Waals surface area contributed by atoms with Gasteiger partial charge in [0.05, 0.1) is 0 Å². The number of nitrogens with one attached hydrogen (secondary N) is 1. The van der Waals surface area contributed by atoms with E-state index < -0.39 is 0 Å². The second-order valence-electron chi connectivity index (χ2n) is 5.36. The Hall–Kier alpha value is -2.40. The highest BCUT2D eigenvalue weighted by molar-refractivity contribution is 7.12. The number of benzene rings is 1. The normalized spacial score (nSPS) is 10.7. The smallest absolute Gasteiger partial charge is 0.275 e. The van der Waals surface area contributed by atoms with Crippen molar-refractivity contribution in [3.63, 3.8) is 0 Å². The van der Waals surface area contributed by atoms with Gasteiger partial charge in [-0.25, -0.2) is 4.98 Å². The van der Waals surface area contributed by atoms with E-state index in [1.54, 1.807) is 5.38 Å². The molecule has 5 heteroatoms. The molecule has 23 heavy (non-hydrogen) atoms. The van der Waals surface area contributed by atoms with Gasteiger partial charge in [0.2, 0.25) is 0 Å². The Bertz CT molecular complexity index is 760. The summed E-state index contributed by atoms with van der Waals surface area (Å²) < 4.78 is 1.89. The average Bonchev–Trinajstić information content (AvgIpc) is 3.25. The molecule has 1 aromatic carbocycles. The third-order valence-electron chi connectivity index (χ3n) is 3.58. The molecular formula is C18H19N3OS. The highest BCUT2D eigenvalue weighted by Gasteiger charge is 2.11. The molecule has 0 bridgehead atoms. The van der Waals surface area contributed by atoms with Gasteiger partial charge in [-0.05, 0) is 42.7 Å². The Kier molecular flexibility index (Phi) is 4.88. The van der Waals surface area contributed by atoms with E-state index in [0.29, 0.717) is 5.69 Å². The van der Waals surface area contributed by atoms with Gasteiger partial charge in [0, 0.05) is 23.5 Å². The predicted molar refractivity (Wildman–Crippen MR) is 94.4 cm³/mol. The van der Waals surface area contributed by atoms with Crippen LogP contribution >= 0.6 is 11.3 Å². The number of amides is 1. The van der Waals surface area contributed by atoms with E-state index in [2.05, 4.69) is 29.4 Å². The molecule has 3 rings (SSSR count). The monoisotopic (exact) mass is 325 g/mol. The molecule has 2 heterocycles. The molecule has 1 amide bonds. The molecule has 0 unspecified atom stereocenters. The van der Waals surface area contributed by atoms with Crippen LogP contribution in [-0.2, 0) is 6.42 Å². The molecule has 4 nitrogen and oxygen atoms in total. The molecule has 1 N–H and O–H groups in total. The van der Waals surface area contributed by atoms with Gasteiger partial charge in [-0.15, -0.1) is 11.3 Å². The molecular weight excluding hydrogens is 306 g/mol. The van der Waals surface area contributed by atoms with Crippen LogP contribution in [0.25, 0.3) is 5.13 Å². The third kappa shape index (κ3) is 3.87. The second kappa shape index (κ2) is 7.24. The van der Waals surface area contributed by atoms with Gasteiger partial charge in [0.15, 0.2) is 5.13 Å². The van der Waals surface area contributed by atoms with E-state index in [1.807, 2.05) is 41.2 Å².